The second-order valence-electron chi connectivity index (χ2n) is 6.10. The first-order valence-corrected chi connectivity index (χ1v) is 9.25. The number of carbonyl (C=O) groups is 2. The minimum absolute atomic E-state index is 0.143. The fourth-order valence-electron chi connectivity index (χ4n) is 2.20. The van der Waals surface area contributed by atoms with Gasteiger partial charge in [-0.3, -0.25) is 9.59 Å². The Morgan fingerprint density at radius 1 is 1.00 bits per heavy atom. The van der Waals surface area contributed by atoms with Crippen LogP contribution in [0.2, 0.25) is 15.1 Å². The van der Waals surface area contributed by atoms with Crippen LogP contribution in [-0.2, 0) is 4.79 Å². The second-order valence-corrected chi connectivity index (χ2v) is 7.38. The van der Waals surface area contributed by atoms with Crippen LogP contribution < -0.4 is 10.7 Å². The summed E-state index contributed by atoms with van der Waals surface area (Å²) in [5.41, 5.74) is 3.44. The Morgan fingerprint density at radius 2 is 1.63 bits per heavy atom. The summed E-state index contributed by atoms with van der Waals surface area (Å²) >= 11 is 17.7. The van der Waals surface area contributed by atoms with E-state index in [1.165, 1.54) is 6.21 Å². The maximum absolute atomic E-state index is 12.4. The SMILES string of the molecule is CC(C)C(NC(=O)c1ccc(Cl)cc1)C(=O)N/N=C/c1ccc(Cl)cc1Cl. The lowest BCUT2D eigenvalue weighted by molar-refractivity contribution is -0.123. The Balaban J connectivity index is 2.02. The van der Waals surface area contributed by atoms with Gasteiger partial charge in [-0.1, -0.05) is 54.7 Å². The molecule has 0 aromatic heterocycles. The van der Waals surface area contributed by atoms with E-state index in [1.54, 1.807) is 42.5 Å². The maximum Gasteiger partial charge on any atom is 0.262 e. The van der Waals surface area contributed by atoms with Gasteiger partial charge in [-0.15, -0.1) is 0 Å². The van der Waals surface area contributed by atoms with Gasteiger partial charge in [-0.05, 0) is 42.3 Å². The van der Waals surface area contributed by atoms with Gasteiger partial charge in [0.05, 0.1) is 11.2 Å². The van der Waals surface area contributed by atoms with Crippen molar-refractivity contribution in [3.05, 3.63) is 68.7 Å². The smallest absolute Gasteiger partial charge is 0.262 e. The lowest BCUT2D eigenvalue weighted by Crippen LogP contribution is -2.48. The van der Waals surface area contributed by atoms with E-state index in [1.807, 2.05) is 13.8 Å². The lowest BCUT2D eigenvalue weighted by Gasteiger charge is -2.20. The van der Waals surface area contributed by atoms with Gasteiger partial charge in [0.25, 0.3) is 11.8 Å². The molecule has 0 heterocycles. The van der Waals surface area contributed by atoms with E-state index in [2.05, 4.69) is 15.8 Å². The molecule has 0 spiro atoms. The average Bonchev–Trinajstić information content (AvgIpc) is 2.61. The van der Waals surface area contributed by atoms with Crippen LogP contribution in [0.1, 0.15) is 29.8 Å². The molecule has 1 atom stereocenters. The Labute approximate surface area is 172 Å². The summed E-state index contributed by atoms with van der Waals surface area (Å²) in [6.45, 7) is 3.65. The molecule has 2 aromatic rings. The number of nitrogens with zero attached hydrogens (tertiary/aromatic N) is 1. The molecule has 0 bridgehead atoms. The molecule has 27 heavy (non-hydrogen) atoms. The number of halogens is 3. The molecule has 1 unspecified atom stereocenters. The molecule has 0 saturated heterocycles. The number of nitrogens with one attached hydrogen (secondary N) is 2. The van der Waals surface area contributed by atoms with Gasteiger partial charge in [0.1, 0.15) is 6.04 Å². The molecule has 0 aliphatic rings. The zero-order valence-corrected chi connectivity index (χ0v) is 16.9. The zero-order chi connectivity index (χ0) is 20.0. The van der Waals surface area contributed by atoms with Crippen molar-refractivity contribution in [1.82, 2.24) is 10.7 Å². The minimum Gasteiger partial charge on any atom is -0.340 e. The molecule has 0 aliphatic carbocycles. The van der Waals surface area contributed by atoms with Crippen LogP contribution in [0.4, 0.5) is 0 Å². The van der Waals surface area contributed by atoms with Gasteiger partial charge in [-0.25, -0.2) is 5.43 Å². The van der Waals surface area contributed by atoms with Gasteiger partial charge < -0.3 is 5.32 Å². The van der Waals surface area contributed by atoms with Gasteiger partial charge in [0.2, 0.25) is 0 Å². The van der Waals surface area contributed by atoms with Crippen molar-refractivity contribution >= 4 is 52.8 Å². The molecule has 0 fully saturated rings. The average molecular weight is 427 g/mol. The molecular weight excluding hydrogens is 409 g/mol. The molecule has 2 N–H and O–H groups in total. The Hall–Kier alpha value is -2.08. The number of hydrazone groups is 1. The first-order valence-electron chi connectivity index (χ1n) is 8.12. The summed E-state index contributed by atoms with van der Waals surface area (Å²) in [6, 6.07) is 10.6. The van der Waals surface area contributed by atoms with Gasteiger partial charge in [0.15, 0.2) is 0 Å². The van der Waals surface area contributed by atoms with Crippen molar-refractivity contribution in [3.8, 4) is 0 Å². The molecular formula is C19H18Cl3N3O2. The van der Waals surface area contributed by atoms with Gasteiger partial charge in [-0.2, -0.15) is 5.10 Å². The fraction of sp³-hybridized carbons (Fsp3) is 0.211. The summed E-state index contributed by atoms with van der Waals surface area (Å²) in [5.74, 6) is -0.950. The number of amides is 2. The maximum atomic E-state index is 12.4. The largest absolute Gasteiger partial charge is 0.340 e. The third-order valence-corrected chi connectivity index (χ3v) is 4.50. The monoisotopic (exact) mass is 425 g/mol. The first kappa shape index (κ1) is 21.2. The van der Waals surface area contributed by atoms with E-state index in [0.29, 0.717) is 26.2 Å². The quantitative estimate of drug-likeness (QED) is 0.525. The van der Waals surface area contributed by atoms with Crippen LogP contribution in [0.15, 0.2) is 47.6 Å². The number of hydrogen-bond acceptors (Lipinski definition) is 3. The van der Waals surface area contributed by atoms with E-state index in [-0.39, 0.29) is 11.8 Å². The third kappa shape index (κ3) is 6.24. The molecule has 2 rings (SSSR count). The normalized spacial score (nSPS) is 12.2. The van der Waals surface area contributed by atoms with Crippen LogP contribution in [0, 0.1) is 5.92 Å². The highest BCUT2D eigenvalue weighted by Gasteiger charge is 2.24. The highest BCUT2D eigenvalue weighted by atomic mass is 35.5. The van der Waals surface area contributed by atoms with Crippen LogP contribution in [-0.4, -0.2) is 24.1 Å². The topological polar surface area (TPSA) is 70.6 Å². The Kier molecular flexibility index (Phi) is 7.66. The van der Waals surface area contributed by atoms with Crippen molar-refractivity contribution in [1.29, 1.82) is 0 Å². The zero-order valence-electron chi connectivity index (χ0n) is 14.7. The van der Waals surface area contributed by atoms with Crippen LogP contribution in [0.3, 0.4) is 0 Å². The van der Waals surface area contributed by atoms with Crippen molar-refractivity contribution in [2.75, 3.05) is 0 Å². The van der Waals surface area contributed by atoms with Crippen molar-refractivity contribution in [2.24, 2.45) is 11.0 Å². The number of carbonyl (C=O) groups excluding carboxylic acids is 2. The molecule has 0 saturated carbocycles. The van der Waals surface area contributed by atoms with Crippen molar-refractivity contribution in [2.45, 2.75) is 19.9 Å². The van der Waals surface area contributed by atoms with E-state index in [4.69, 9.17) is 34.8 Å². The number of hydrogen-bond donors (Lipinski definition) is 2. The summed E-state index contributed by atoms with van der Waals surface area (Å²) in [4.78, 5) is 24.8. The van der Waals surface area contributed by atoms with Crippen LogP contribution >= 0.6 is 34.8 Å². The van der Waals surface area contributed by atoms with Gasteiger partial charge in [0, 0.05) is 21.2 Å². The van der Waals surface area contributed by atoms with E-state index >= 15 is 0 Å². The molecule has 0 radical (unpaired) electrons. The Bertz CT molecular complexity index is 852. The predicted molar refractivity (Wildman–Crippen MR) is 110 cm³/mol. The summed E-state index contributed by atoms with van der Waals surface area (Å²) < 4.78 is 0. The summed E-state index contributed by atoms with van der Waals surface area (Å²) in [5, 5.41) is 8.06. The van der Waals surface area contributed by atoms with Gasteiger partial charge >= 0.3 is 0 Å². The Morgan fingerprint density at radius 3 is 2.22 bits per heavy atom. The summed E-state index contributed by atoms with van der Waals surface area (Å²) in [7, 11) is 0. The highest BCUT2D eigenvalue weighted by Crippen LogP contribution is 2.19. The number of rotatable bonds is 6. The van der Waals surface area contributed by atoms with E-state index < -0.39 is 11.9 Å². The molecule has 142 valence electrons. The minimum atomic E-state index is -0.758. The predicted octanol–water partition coefficient (Wildman–Crippen LogP) is 4.55. The molecule has 8 heteroatoms. The lowest BCUT2D eigenvalue weighted by atomic mass is 10.0. The van der Waals surface area contributed by atoms with Crippen molar-refractivity contribution in [3.63, 3.8) is 0 Å². The number of benzene rings is 2. The second kappa shape index (κ2) is 9.74. The molecule has 2 aromatic carbocycles. The summed E-state index contributed by atoms with van der Waals surface area (Å²) in [6.07, 6.45) is 1.41. The van der Waals surface area contributed by atoms with E-state index in [9.17, 15) is 9.59 Å². The third-order valence-electron chi connectivity index (χ3n) is 3.68. The van der Waals surface area contributed by atoms with E-state index in [0.717, 1.165) is 0 Å². The van der Waals surface area contributed by atoms with Crippen LogP contribution in [0.25, 0.3) is 0 Å². The molecule has 2 amide bonds. The highest BCUT2D eigenvalue weighted by molar-refractivity contribution is 6.36. The fourth-order valence-corrected chi connectivity index (χ4v) is 2.79. The van der Waals surface area contributed by atoms with Crippen LogP contribution in [0.5, 0.6) is 0 Å². The molecule has 0 aliphatic heterocycles. The standard InChI is InChI=1S/C19H18Cl3N3O2/c1-11(2)17(24-18(26)12-3-6-14(20)7-4-12)19(27)25-23-10-13-5-8-15(21)9-16(13)22/h3-11,17H,1-2H3,(H,24,26)(H,25,27)/b23-10+. The van der Waals surface area contributed by atoms with Crippen molar-refractivity contribution < 1.29 is 9.59 Å². The molecule has 5 nitrogen and oxygen atoms in total. The first-order chi connectivity index (χ1) is 12.8.